The van der Waals surface area contributed by atoms with E-state index in [1.54, 1.807) is 6.20 Å². The molecule has 0 aliphatic rings. The number of pyridine rings is 1. The first kappa shape index (κ1) is 12.7. The van der Waals surface area contributed by atoms with Gasteiger partial charge in [-0.25, -0.2) is 0 Å². The number of hydrogen-bond acceptors (Lipinski definition) is 3. The van der Waals surface area contributed by atoms with E-state index in [0.29, 0.717) is 6.54 Å². The minimum absolute atomic E-state index is 0.0529. The quantitative estimate of drug-likeness (QED) is 0.843. The van der Waals surface area contributed by atoms with Crippen molar-refractivity contribution in [1.82, 2.24) is 10.3 Å². The van der Waals surface area contributed by atoms with Gasteiger partial charge in [0.05, 0.1) is 12.1 Å². The zero-order valence-corrected chi connectivity index (χ0v) is 10.5. The summed E-state index contributed by atoms with van der Waals surface area (Å²) in [7, 11) is 0. The Morgan fingerprint density at radius 2 is 1.94 bits per heavy atom. The molecule has 3 nitrogen and oxygen atoms in total. The molecule has 3 heteroatoms. The third kappa shape index (κ3) is 2.94. The predicted molar refractivity (Wildman–Crippen MR) is 72.0 cm³/mol. The number of hydrogen-bond donors (Lipinski definition) is 2. The van der Waals surface area contributed by atoms with Crippen LogP contribution in [0.25, 0.3) is 0 Å². The van der Waals surface area contributed by atoms with Crippen LogP contribution in [0.1, 0.15) is 18.1 Å². The van der Waals surface area contributed by atoms with Crippen molar-refractivity contribution in [1.29, 1.82) is 0 Å². The van der Waals surface area contributed by atoms with E-state index in [-0.39, 0.29) is 6.61 Å². The van der Waals surface area contributed by atoms with E-state index in [0.717, 1.165) is 11.1 Å². The first-order valence-corrected chi connectivity index (χ1v) is 6.05. The second kappa shape index (κ2) is 5.76. The van der Waals surface area contributed by atoms with Crippen LogP contribution in [0, 0.1) is 0 Å². The van der Waals surface area contributed by atoms with Gasteiger partial charge in [0.15, 0.2) is 0 Å². The third-order valence-corrected chi connectivity index (χ3v) is 3.13. The summed E-state index contributed by atoms with van der Waals surface area (Å²) in [6, 6.07) is 13.9. The van der Waals surface area contributed by atoms with Crippen molar-refractivity contribution in [3.8, 4) is 0 Å². The maximum atomic E-state index is 9.64. The number of benzene rings is 1. The third-order valence-electron chi connectivity index (χ3n) is 3.13. The van der Waals surface area contributed by atoms with E-state index in [4.69, 9.17) is 0 Å². The Morgan fingerprint density at radius 3 is 2.56 bits per heavy atom. The lowest BCUT2D eigenvalue weighted by Gasteiger charge is -2.29. The summed E-state index contributed by atoms with van der Waals surface area (Å²) >= 11 is 0. The van der Waals surface area contributed by atoms with Gasteiger partial charge in [-0.15, -0.1) is 0 Å². The lowest BCUT2D eigenvalue weighted by molar-refractivity contribution is 0.173. The molecule has 2 aromatic rings. The Balaban J connectivity index is 2.10. The van der Waals surface area contributed by atoms with Crippen molar-refractivity contribution < 1.29 is 5.11 Å². The van der Waals surface area contributed by atoms with E-state index in [1.807, 2.05) is 55.6 Å². The Hall–Kier alpha value is -1.71. The van der Waals surface area contributed by atoms with Gasteiger partial charge in [0.2, 0.25) is 0 Å². The molecule has 0 fully saturated rings. The van der Waals surface area contributed by atoms with Gasteiger partial charge in [0.25, 0.3) is 0 Å². The zero-order valence-electron chi connectivity index (χ0n) is 10.5. The molecule has 1 aromatic heterocycles. The summed E-state index contributed by atoms with van der Waals surface area (Å²) in [5, 5.41) is 13.0. The molecular weight excluding hydrogens is 224 g/mol. The molecule has 2 N–H and O–H groups in total. The van der Waals surface area contributed by atoms with Crippen LogP contribution in [-0.2, 0) is 12.1 Å². The highest BCUT2D eigenvalue weighted by Crippen LogP contribution is 2.20. The van der Waals surface area contributed by atoms with Gasteiger partial charge in [0.1, 0.15) is 0 Å². The number of nitrogens with one attached hydrogen (secondary N) is 1. The van der Waals surface area contributed by atoms with E-state index in [2.05, 4.69) is 10.3 Å². The van der Waals surface area contributed by atoms with Crippen LogP contribution in [0.15, 0.2) is 54.9 Å². The summed E-state index contributed by atoms with van der Waals surface area (Å²) in [4.78, 5) is 4.08. The highest BCUT2D eigenvalue weighted by Gasteiger charge is 2.24. The Kier molecular flexibility index (Phi) is 4.07. The van der Waals surface area contributed by atoms with Crippen LogP contribution in [0.2, 0.25) is 0 Å². The second-order valence-corrected chi connectivity index (χ2v) is 4.57. The molecule has 0 aliphatic carbocycles. The molecule has 0 saturated carbocycles. The predicted octanol–water partition coefficient (Wildman–Crippen LogP) is 2.08. The fraction of sp³-hybridized carbons (Fsp3) is 0.267. The van der Waals surface area contributed by atoms with Crippen molar-refractivity contribution in [2.24, 2.45) is 0 Å². The molecule has 0 radical (unpaired) electrons. The molecule has 2 rings (SSSR count). The van der Waals surface area contributed by atoms with E-state index >= 15 is 0 Å². The lowest BCUT2D eigenvalue weighted by atomic mass is 9.92. The first-order valence-electron chi connectivity index (χ1n) is 6.05. The van der Waals surface area contributed by atoms with Gasteiger partial charge in [-0.2, -0.15) is 0 Å². The fourth-order valence-electron chi connectivity index (χ4n) is 1.86. The van der Waals surface area contributed by atoms with Crippen molar-refractivity contribution in [2.75, 3.05) is 6.61 Å². The highest BCUT2D eigenvalue weighted by atomic mass is 16.3. The molecule has 1 unspecified atom stereocenters. The Morgan fingerprint density at radius 1 is 1.17 bits per heavy atom. The minimum atomic E-state index is -0.433. The number of aromatic nitrogens is 1. The molecule has 94 valence electrons. The normalized spacial score (nSPS) is 14.1. The number of rotatable bonds is 5. The molecule has 0 spiro atoms. The smallest absolute Gasteiger partial charge is 0.0652 e. The maximum Gasteiger partial charge on any atom is 0.0652 e. The van der Waals surface area contributed by atoms with E-state index < -0.39 is 5.54 Å². The van der Waals surface area contributed by atoms with Crippen LogP contribution in [0.3, 0.4) is 0 Å². The molecule has 1 atom stereocenters. The standard InChI is InChI=1S/C15H18N2O/c1-15(12-18,14-7-3-2-4-8-14)17-11-13-6-5-9-16-10-13/h2-10,17-18H,11-12H2,1H3. The van der Waals surface area contributed by atoms with Crippen LogP contribution in [-0.4, -0.2) is 16.7 Å². The van der Waals surface area contributed by atoms with E-state index in [9.17, 15) is 5.11 Å². The van der Waals surface area contributed by atoms with Crippen molar-refractivity contribution in [3.05, 3.63) is 66.0 Å². The monoisotopic (exact) mass is 242 g/mol. The van der Waals surface area contributed by atoms with Crippen molar-refractivity contribution in [2.45, 2.75) is 19.0 Å². The fourth-order valence-corrected chi connectivity index (χ4v) is 1.86. The molecule has 0 saturated heterocycles. The largest absolute Gasteiger partial charge is 0.394 e. The second-order valence-electron chi connectivity index (χ2n) is 4.57. The molecular formula is C15H18N2O. The summed E-state index contributed by atoms with van der Waals surface area (Å²) < 4.78 is 0. The SMILES string of the molecule is CC(CO)(NCc1cccnc1)c1ccccc1. The van der Waals surface area contributed by atoms with Gasteiger partial charge < -0.3 is 10.4 Å². The Labute approximate surface area is 108 Å². The summed E-state index contributed by atoms with van der Waals surface area (Å²) in [6.45, 7) is 2.73. The van der Waals surface area contributed by atoms with Crippen LogP contribution < -0.4 is 5.32 Å². The number of aliphatic hydroxyl groups excluding tert-OH is 1. The minimum Gasteiger partial charge on any atom is -0.394 e. The van der Waals surface area contributed by atoms with Gasteiger partial charge in [-0.05, 0) is 24.1 Å². The molecule has 0 amide bonds. The molecule has 0 bridgehead atoms. The summed E-state index contributed by atoms with van der Waals surface area (Å²) in [5.74, 6) is 0. The average molecular weight is 242 g/mol. The zero-order chi connectivity index (χ0) is 12.8. The van der Waals surface area contributed by atoms with Crippen molar-refractivity contribution in [3.63, 3.8) is 0 Å². The summed E-state index contributed by atoms with van der Waals surface area (Å²) in [5.41, 5.74) is 1.75. The average Bonchev–Trinajstić information content (AvgIpc) is 2.47. The Bertz CT molecular complexity index is 472. The molecule has 0 aliphatic heterocycles. The highest BCUT2D eigenvalue weighted by molar-refractivity contribution is 5.24. The van der Waals surface area contributed by atoms with Gasteiger partial charge in [0, 0.05) is 18.9 Å². The first-order chi connectivity index (χ1) is 8.74. The van der Waals surface area contributed by atoms with Gasteiger partial charge in [-0.1, -0.05) is 36.4 Å². The molecule has 1 heterocycles. The lowest BCUT2D eigenvalue weighted by Crippen LogP contribution is -2.42. The van der Waals surface area contributed by atoms with Gasteiger partial charge >= 0.3 is 0 Å². The maximum absolute atomic E-state index is 9.64. The topological polar surface area (TPSA) is 45.1 Å². The van der Waals surface area contributed by atoms with Crippen LogP contribution >= 0.6 is 0 Å². The van der Waals surface area contributed by atoms with E-state index in [1.165, 1.54) is 0 Å². The van der Waals surface area contributed by atoms with Crippen LogP contribution in [0.5, 0.6) is 0 Å². The van der Waals surface area contributed by atoms with Crippen LogP contribution in [0.4, 0.5) is 0 Å². The molecule has 1 aromatic carbocycles. The molecule has 18 heavy (non-hydrogen) atoms. The van der Waals surface area contributed by atoms with Gasteiger partial charge in [-0.3, -0.25) is 4.98 Å². The number of aliphatic hydroxyl groups is 1. The van der Waals surface area contributed by atoms with Crippen molar-refractivity contribution >= 4 is 0 Å². The number of nitrogens with zero attached hydrogens (tertiary/aromatic N) is 1. The summed E-state index contributed by atoms with van der Waals surface area (Å²) in [6.07, 6.45) is 3.59.